The molecule has 0 aliphatic carbocycles. The zero-order valence-electron chi connectivity index (χ0n) is 14.4. The molecule has 3 N–H and O–H groups in total. The van der Waals surface area contributed by atoms with E-state index in [1.165, 1.54) is 6.07 Å². The lowest BCUT2D eigenvalue weighted by molar-refractivity contribution is 0.145. The van der Waals surface area contributed by atoms with Crippen LogP contribution in [0.5, 0.6) is 0 Å². The highest BCUT2D eigenvalue weighted by atomic mass is 19.1. The Morgan fingerprint density at radius 1 is 1.42 bits per heavy atom. The second-order valence-corrected chi connectivity index (χ2v) is 6.57. The van der Waals surface area contributed by atoms with Crippen molar-refractivity contribution in [3.63, 3.8) is 0 Å². The van der Waals surface area contributed by atoms with Crippen LogP contribution in [0.2, 0.25) is 0 Å². The maximum absolute atomic E-state index is 13.8. The predicted molar refractivity (Wildman–Crippen MR) is 95.7 cm³/mol. The van der Waals surface area contributed by atoms with Gasteiger partial charge in [-0.15, -0.1) is 6.58 Å². The van der Waals surface area contributed by atoms with Crippen molar-refractivity contribution in [2.75, 3.05) is 24.5 Å². The number of halogens is 1. The Hall–Kier alpha value is -1.43. The topological polar surface area (TPSA) is 55.7 Å². The third kappa shape index (κ3) is 5.30. The van der Waals surface area contributed by atoms with Crippen LogP contribution in [0.15, 0.2) is 30.9 Å². The van der Waals surface area contributed by atoms with Crippen molar-refractivity contribution < 1.29 is 14.6 Å². The van der Waals surface area contributed by atoms with Crippen LogP contribution in [0.3, 0.4) is 0 Å². The lowest BCUT2D eigenvalue weighted by Gasteiger charge is -2.34. The van der Waals surface area contributed by atoms with Crippen molar-refractivity contribution in [1.82, 2.24) is 5.32 Å². The number of anilines is 1. The maximum atomic E-state index is 13.8. The standard InChI is InChI=1S/C19H29FN2O2/c1-3-4-5-17(24)13-21-14(2)18-12-15(20)6-7-19(18)22-10-8-16(23)9-11-22/h3,6-7,12,14,16-17,21,23-24H,1,4-5,8-11,13H2,2H3. The molecule has 0 saturated carbocycles. The number of aliphatic hydroxyl groups is 2. The third-order valence-electron chi connectivity index (χ3n) is 4.62. The second kappa shape index (κ2) is 9.16. The second-order valence-electron chi connectivity index (χ2n) is 6.57. The minimum atomic E-state index is -0.437. The molecule has 1 aromatic carbocycles. The van der Waals surface area contributed by atoms with Gasteiger partial charge in [0.1, 0.15) is 5.82 Å². The lowest BCUT2D eigenvalue weighted by Crippen LogP contribution is -2.37. The number of allylic oxidation sites excluding steroid dienone is 1. The number of hydrogen-bond acceptors (Lipinski definition) is 4. The van der Waals surface area contributed by atoms with Crippen LogP contribution < -0.4 is 10.2 Å². The van der Waals surface area contributed by atoms with Gasteiger partial charge in [-0.3, -0.25) is 0 Å². The van der Waals surface area contributed by atoms with Gasteiger partial charge >= 0.3 is 0 Å². The molecule has 0 radical (unpaired) electrons. The van der Waals surface area contributed by atoms with Crippen molar-refractivity contribution in [2.45, 2.75) is 50.9 Å². The highest BCUT2D eigenvalue weighted by molar-refractivity contribution is 5.55. The van der Waals surface area contributed by atoms with Gasteiger partial charge in [-0.05, 0) is 56.4 Å². The number of nitrogens with one attached hydrogen (secondary N) is 1. The van der Waals surface area contributed by atoms with Crippen molar-refractivity contribution in [3.05, 3.63) is 42.2 Å². The lowest BCUT2D eigenvalue weighted by atomic mass is 10.0. The van der Waals surface area contributed by atoms with Crippen LogP contribution in [0.25, 0.3) is 0 Å². The highest BCUT2D eigenvalue weighted by Crippen LogP contribution is 2.29. The smallest absolute Gasteiger partial charge is 0.123 e. The Morgan fingerprint density at radius 3 is 2.79 bits per heavy atom. The fourth-order valence-corrected chi connectivity index (χ4v) is 3.10. The van der Waals surface area contributed by atoms with Crippen LogP contribution in [0.1, 0.15) is 44.2 Å². The summed E-state index contributed by atoms with van der Waals surface area (Å²) in [6.07, 6.45) is 4.04. The Bertz CT molecular complexity index is 530. The minimum absolute atomic E-state index is 0.0686. The minimum Gasteiger partial charge on any atom is -0.393 e. The Labute approximate surface area is 144 Å². The first-order valence-electron chi connectivity index (χ1n) is 8.76. The van der Waals surface area contributed by atoms with E-state index in [1.807, 2.05) is 13.0 Å². The van der Waals surface area contributed by atoms with E-state index in [1.54, 1.807) is 12.1 Å². The highest BCUT2D eigenvalue weighted by Gasteiger charge is 2.22. The van der Waals surface area contributed by atoms with E-state index in [-0.39, 0.29) is 18.0 Å². The van der Waals surface area contributed by atoms with Gasteiger partial charge in [-0.25, -0.2) is 4.39 Å². The molecule has 1 aliphatic rings. The first-order valence-corrected chi connectivity index (χ1v) is 8.76. The molecular weight excluding hydrogens is 307 g/mol. The molecule has 0 spiro atoms. The van der Waals surface area contributed by atoms with Crippen molar-refractivity contribution >= 4 is 5.69 Å². The molecule has 24 heavy (non-hydrogen) atoms. The van der Waals surface area contributed by atoms with Gasteiger partial charge in [-0.2, -0.15) is 0 Å². The van der Waals surface area contributed by atoms with Crippen LogP contribution in [0, 0.1) is 5.82 Å². The quantitative estimate of drug-likeness (QED) is 0.639. The molecule has 0 bridgehead atoms. The van der Waals surface area contributed by atoms with Gasteiger partial charge in [0, 0.05) is 31.4 Å². The molecule has 2 rings (SSSR count). The zero-order chi connectivity index (χ0) is 17.5. The molecular formula is C19H29FN2O2. The SMILES string of the molecule is C=CCCC(O)CNC(C)c1cc(F)ccc1N1CCC(O)CC1. The van der Waals surface area contributed by atoms with E-state index in [4.69, 9.17) is 0 Å². The van der Waals surface area contributed by atoms with Crippen LogP contribution in [-0.2, 0) is 0 Å². The molecule has 134 valence electrons. The summed E-state index contributed by atoms with van der Waals surface area (Å²) >= 11 is 0. The summed E-state index contributed by atoms with van der Waals surface area (Å²) in [6.45, 7) is 7.65. The van der Waals surface area contributed by atoms with Gasteiger partial charge in [0.05, 0.1) is 12.2 Å². The molecule has 1 fully saturated rings. The maximum Gasteiger partial charge on any atom is 0.123 e. The molecule has 1 aliphatic heterocycles. The van der Waals surface area contributed by atoms with Crippen LogP contribution >= 0.6 is 0 Å². The van der Waals surface area contributed by atoms with E-state index >= 15 is 0 Å². The molecule has 0 amide bonds. The van der Waals surface area contributed by atoms with E-state index in [0.29, 0.717) is 13.0 Å². The summed E-state index contributed by atoms with van der Waals surface area (Å²) in [5.74, 6) is -0.258. The summed E-state index contributed by atoms with van der Waals surface area (Å²) in [4.78, 5) is 2.20. The number of piperidine rings is 1. The number of benzene rings is 1. The number of nitrogens with zero attached hydrogens (tertiary/aromatic N) is 1. The Morgan fingerprint density at radius 2 is 2.12 bits per heavy atom. The molecule has 4 nitrogen and oxygen atoms in total. The van der Waals surface area contributed by atoms with Gasteiger partial charge in [0.15, 0.2) is 0 Å². The van der Waals surface area contributed by atoms with Gasteiger partial charge in [-0.1, -0.05) is 6.08 Å². The summed E-state index contributed by atoms with van der Waals surface area (Å²) in [7, 11) is 0. The molecule has 1 heterocycles. The molecule has 5 heteroatoms. The van der Waals surface area contributed by atoms with Crippen LogP contribution in [-0.4, -0.2) is 42.1 Å². The monoisotopic (exact) mass is 336 g/mol. The first kappa shape index (κ1) is 18.9. The molecule has 2 atom stereocenters. The fourth-order valence-electron chi connectivity index (χ4n) is 3.10. The fraction of sp³-hybridized carbons (Fsp3) is 0.579. The van der Waals surface area contributed by atoms with E-state index in [2.05, 4.69) is 16.8 Å². The summed E-state index contributed by atoms with van der Waals surface area (Å²) < 4.78 is 13.8. The van der Waals surface area contributed by atoms with Crippen LogP contribution in [0.4, 0.5) is 10.1 Å². The average Bonchev–Trinajstić information content (AvgIpc) is 2.58. The van der Waals surface area contributed by atoms with Crippen molar-refractivity contribution in [3.8, 4) is 0 Å². The summed E-state index contributed by atoms with van der Waals surface area (Å²) in [5, 5.41) is 22.9. The summed E-state index contributed by atoms with van der Waals surface area (Å²) in [5.41, 5.74) is 1.89. The Kier molecular flexibility index (Phi) is 7.21. The molecule has 1 aromatic rings. The molecule has 1 saturated heterocycles. The number of aliphatic hydroxyl groups excluding tert-OH is 2. The number of hydrogen-bond donors (Lipinski definition) is 3. The van der Waals surface area contributed by atoms with E-state index in [0.717, 1.165) is 43.6 Å². The van der Waals surface area contributed by atoms with Gasteiger partial charge in [0.2, 0.25) is 0 Å². The van der Waals surface area contributed by atoms with E-state index in [9.17, 15) is 14.6 Å². The third-order valence-corrected chi connectivity index (χ3v) is 4.62. The van der Waals surface area contributed by atoms with E-state index < -0.39 is 6.10 Å². The molecule has 2 unspecified atom stereocenters. The van der Waals surface area contributed by atoms with Gasteiger partial charge < -0.3 is 20.4 Å². The number of rotatable bonds is 8. The molecule has 0 aromatic heterocycles. The predicted octanol–water partition coefficient (Wildman–Crippen LogP) is 2.76. The first-order chi connectivity index (χ1) is 11.5. The van der Waals surface area contributed by atoms with Gasteiger partial charge in [0.25, 0.3) is 0 Å². The normalized spacial score (nSPS) is 18.4. The summed E-state index contributed by atoms with van der Waals surface area (Å²) in [6, 6.07) is 4.79. The average molecular weight is 336 g/mol. The largest absolute Gasteiger partial charge is 0.393 e. The van der Waals surface area contributed by atoms with Crippen molar-refractivity contribution in [1.29, 1.82) is 0 Å². The zero-order valence-corrected chi connectivity index (χ0v) is 14.4. The van der Waals surface area contributed by atoms with Crippen molar-refractivity contribution in [2.24, 2.45) is 0 Å². The Balaban J connectivity index is 2.04.